The van der Waals surface area contributed by atoms with Gasteiger partial charge >= 0.3 is 0 Å². The maximum absolute atomic E-state index is 13.2. The first-order chi connectivity index (χ1) is 15.4. The van der Waals surface area contributed by atoms with Gasteiger partial charge in [0.15, 0.2) is 11.5 Å². The molecule has 1 saturated heterocycles. The van der Waals surface area contributed by atoms with E-state index >= 15 is 0 Å². The summed E-state index contributed by atoms with van der Waals surface area (Å²) in [5.41, 5.74) is 1.55. The van der Waals surface area contributed by atoms with Crippen LogP contribution in [0.4, 0.5) is 10.2 Å². The van der Waals surface area contributed by atoms with Gasteiger partial charge in [0, 0.05) is 37.3 Å². The van der Waals surface area contributed by atoms with E-state index in [1.807, 2.05) is 32.0 Å². The Bertz CT molecular complexity index is 1110. The van der Waals surface area contributed by atoms with Crippen molar-refractivity contribution < 1.29 is 18.7 Å². The third-order valence-corrected chi connectivity index (χ3v) is 5.46. The highest BCUT2D eigenvalue weighted by Gasteiger charge is 2.29. The second-order valence-corrected chi connectivity index (χ2v) is 7.77. The molecule has 2 aromatic carbocycles. The van der Waals surface area contributed by atoms with E-state index in [9.17, 15) is 9.18 Å². The molecule has 1 amide bonds. The molecule has 1 fully saturated rings. The van der Waals surface area contributed by atoms with Gasteiger partial charge in [0.1, 0.15) is 18.0 Å². The predicted molar refractivity (Wildman–Crippen MR) is 119 cm³/mol. The standard InChI is InChI=1S/C24H25FN4O3/c1-16-4-9-20(21(12-16)31-3)32-23-13-22(26-15-27-23)28-10-11-29(17(2)14-28)24(30)18-5-7-19(25)8-6-18/h4-9,12-13,15,17H,10-11,14H2,1-3H3. The van der Waals surface area contributed by atoms with E-state index in [0.717, 1.165) is 11.4 Å². The highest BCUT2D eigenvalue weighted by Crippen LogP contribution is 2.32. The number of halogens is 1. The van der Waals surface area contributed by atoms with E-state index in [-0.39, 0.29) is 17.8 Å². The Morgan fingerprint density at radius 3 is 2.56 bits per heavy atom. The Balaban J connectivity index is 1.45. The van der Waals surface area contributed by atoms with Crippen molar-refractivity contribution in [1.82, 2.24) is 14.9 Å². The van der Waals surface area contributed by atoms with Crippen LogP contribution in [0.5, 0.6) is 17.4 Å². The van der Waals surface area contributed by atoms with E-state index in [1.165, 1.54) is 30.6 Å². The van der Waals surface area contributed by atoms with E-state index in [1.54, 1.807) is 18.1 Å². The number of nitrogens with zero attached hydrogens (tertiary/aromatic N) is 4. The van der Waals surface area contributed by atoms with E-state index < -0.39 is 0 Å². The monoisotopic (exact) mass is 436 g/mol. The minimum absolute atomic E-state index is 0.0437. The molecule has 1 aromatic heterocycles. The van der Waals surface area contributed by atoms with Gasteiger partial charge in [-0.25, -0.2) is 14.4 Å². The smallest absolute Gasteiger partial charge is 0.254 e. The van der Waals surface area contributed by atoms with Crippen molar-refractivity contribution in [3.05, 3.63) is 71.8 Å². The van der Waals surface area contributed by atoms with Crippen LogP contribution < -0.4 is 14.4 Å². The molecule has 0 bridgehead atoms. The minimum Gasteiger partial charge on any atom is -0.493 e. The van der Waals surface area contributed by atoms with Crippen LogP contribution in [-0.4, -0.2) is 53.6 Å². The lowest BCUT2D eigenvalue weighted by atomic mass is 10.1. The molecule has 7 nitrogen and oxygen atoms in total. The van der Waals surface area contributed by atoms with Gasteiger partial charge in [-0.3, -0.25) is 4.79 Å². The molecule has 0 radical (unpaired) electrons. The molecule has 4 rings (SSSR count). The van der Waals surface area contributed by atoms with Crippen LogP contribution in [0.25, 0.3) is 0 Å². The van der Waals surface area contributed by atoms with Gasteiger partial charge in [-0.2, -0.15) is 0 Å². The number of aromatic nitrogens is 2. The summed E-state index contributed by atoms with van der Waals surface area (Å²) in [7, 11) is 1.60. The topological polar surface area (TPSA) is 67.8 Å². The number of anilines is 1. The number of carbonyl (C=O) groups excluding carboxylic acids is 1. The van der Waals surface area contributed by atoms with Gasteiger partial charge in [0.25, 0.3) is 5.91 Å². The van der Waals surface area contributed by atoms with Crippen LogP contribution in [0.3, 0.4) is 0 Å². The summed E-state index contributed by atoms with van der Waals surface area (Å²) in [6.07, 6.45) is 1.46. The summed E-state index contributed by atoms with van der Waals surface area (Å²) in [6, 6.07) is 13.1. The number of hydrogen-bond acceptors (Lipinski definition) is 6. The number of ether oxygens (including phenoxy) is 2. The zero-order valence-electron chi connectivity index (χ0n) is 18.3. The fourth-order valence-corrected chi connectivity index (χ4v) is 3.76. The molecule has 0 aliphatic carbocycles. The summed E-state index contributed by atoms with van der Waals surface area (Å²) < 4.78 is 24.5. The van der Waals surface area contributed by atoms with Crippen LogP contribution in [0.1, 0.15) is 22.8 Å². The lowest BCUT2D eigenvalue weighted by Crippen LogP contribution is -2.54. The summed E-state index contributed by atoms with van der Waals surface area (Å²) in [5, 5.41) is 0. The number of methoxy groups -OCH3 is 1. The van der Waals surface area contributed by atoms with Crippen molar-refractivity contribution in [2.24, 2.45) is 0 Å². The average molecular weight is 436 g/mol. The molecule has 0 saturated carbocycles. The van der Waals surface area contributed by atoms with Crippen molar-refractivity contribution in [1.29, 1.82) is 0 Å². The summed E-state index contributed by atoms with van der Waals surface area (Å²) in [6.45, 7) is 5.72. The molecule has 2 heterocycles. The Morgan fingerprint density at radius 1 is 1.06 bits per heavy atom. The molecule has 0 spiro atoms. The van der Waals surface area contributed by atoms with Gasteiger partial charge in [0.2, 0.25) is 5.88 Å². The second kappa shape index (κ2) is 9.21. The largest absolute Gasteiger partial charge is 0.493 e. The highest BCUT2D eigenvalue weighted by atomic mass is 19.1. The first-order valence-electron chi connectivity index (χ1n) is 10.4. The van der Waals surface area contributed by atoms with E-state index in [0.29, 0.717) is 42.6 Å². The van der Waals surface area contributed by atoms with Crippen LogP contribution in [-0.2, 0) is 0 Å². The highest BCUT2D eigenvalue weighted by molar-refractivity contribution is 5.94. The maximum atomic E-state index is 13.2. The first kappa shape index (κ1) is 21.5. The number of amides is 1. The third kappa shape index (κ3) is 4.64. The van der Waals surface area contributed by atoms with Gasteiger partial charge in [-0.05, 0) is 55.8 Å². The number of aryl methyl sites for hydroxylation is 1. The Kier molecular flexibility index (Phi) is 6.20. The lowest BCUT2D eigenvalue weighted by molar-refractivity contribution is 0.0673. The van der Waals surface area contributed by atoms with Crippen LogP contribution in [0, 0.1) is 12.7 Å². The van der Waals surface area contributed by atoms with Crippen molar-refractivity contribution in [2.45, 2.75) is 19.9 Å². The molecule has 3 aromatic rings. The average Bonchev–Trinajstić information content (AvgIpc) is 2.80. The van der Waals surface area contributed by atoms with Crippen molar-refractivity contribution >= 4 is 11.7 Å². The Hall–Kier alpha value is -3.68. The summed E-state index contributed by atoms with van der Waals surface area (Å²) in [4.78, 5) is 25.4. The van der Waals surface area contributed by atoms with Crippen LogP contribution >= 0.6 is 0 Å². The van der Waals surface area contributed by atoms with Gasteiger partial charge in [0.05, 0.1) is 7.11 Å². The number of piperazine rings is 1. The molecule has 0 N–H and O–H groups in total. The quantitative estimate of drug-likeness (QED) is 0.601. The van der Waals surface area contributed by atoms with Crippen molar-refractivity contribution in [2.75, 3.05) is 31.6 Å². The lowest BCUT2D eigenvalue weighted by Gasteiger charge is -2.40. The number of carbonyl (C=O) groups is 1. The van der Waals surface area contributed by atoms with Crippen molar-refractivity contribution in [3.8, 4) is 17.4 Å². The van der Waals surface area contributed by atoms with Gasteiger partial charge < -0.3 is 19.3 Å². The molecule has 1 aliphatic heterocycles. The predicted octanol–water partition coefficient (Wildman–Crippen LogP) is 4.08. The maximum Gasteiger partial charge on any atom is 0.254 e. The SMILES string of the molecule is COc1cc(C)ccc1Oc1cc(N2CCN(C(=O)c3ccc(F)cc3)C(C)C2)ncn1. The number of rotatable bonds is 5. The fourth-order valence-electron chi connectivity index (χ4n) is 3.76. The van der Waals surface area contributed by atoms with Gasteiger partial charge in [-0.15, -0.1) is 0 Å². The second-order valence-electron chi connectivity index (χ2n) is 7.77. The normalized spacial score (nSPS) is 16.1. The minimum atomic E-state index is -0.357. The number of benzene rings is 2. The molecule has 1 aliphatic rings. The van der Waals surface area contributed by atoms with Gasteiger partial charge in [-0.1, -0.05) is 6.07 Å². The molecule has 1 atom stereocenters. The molecule has 8 heteroatoms. The fraction of sp³-hybridized carbons (Fsp3) is 0.292. The molecule has 1 unspecified atom stereocenters. The number of hydrogen-bond donors (Lipinski definition) is 0. The summed E-state index contributed by atoms with van der Waals surface area (Å²) in [5.74, 6) is 1.88. The van der Waals surface area contributed by atoms with Crippen molar-refractivity contribution in [3.63, 3.8) is 0 Å². The summed E-state index contributed by atoms with van der Waals surface area (Å²) >= 11 is 0. The first-order valence-corrected chi connectivity index (χ1v) is 10.4. The molecular formula is C24H25FN4O3. The van der Waals surface area contributed by atoms with E-state index in [2.05, 4.69) is 14.9 Å². The molecular weight excluding hydrogens is 411 g/mol. The zero-order valence-corrected chi connectivity index (χ0v) is 18.3. The Morgan fingerprint density at radius 2 is 1.84 bits per heavy atom. The van der Waals surface area contributed by atoms with Crippen LogP contribution in [0.2, 0.25) is 0 Å². The van der Waals surface area contributed by atoms with Crippen LogP contribution in [0.15, 0.2) is 54.9 Å². The Labute approximate surface area is 186 Å². The molecule has 166 valence electrons. The zero-order chi connectivity index (χ0) is 22.7. The third-order valence-electron chi connectivity index (χ3n) is 5.46. The molecule has 32 heavy (non-hydrogen) atoms. The van der Waals surface area contributed by atoms with E-state index in [4.69, 9.17) is 9.47 Å².